The lowest BCUT2D eigenvalue weighted by atomic mass is 10.0. The SMILES string of the molecule is CCCNCCC(C)CCc1sc(C)cc1C. The molecule has 17 heavy (non-hydrogen) atoms. The zero-order chi connectivity index (χ0) is 12.7. The van der Waals surface area contributed by atoms with Crippen molar-refractivity contribution in [2.75, 3.05) is 13.1 Å². The molecule has 2 heteroatoms. The molecule has 0 aliphatic heterocycles. The zero-order valence-electron chi connectivity index (χ0n) is 11.8. The predicted octanol–water partition coefficient (Wildman–Crippen LogP) is 4.32. The number of aryl methyl sites for hydroxylation is 3. The lowest BCUT2D eigenvalue weighted by molar-refractivity contribution is 0.471. The third kappa shape index (κ3) is 5.69. The van der Waals surface area contributed by atoms with E-state index in [1.54, 1.807) is 4.88 Å². The van der Waals surface area contributed by atoms with E-state index < -0.39 is 0 Å². The van der Waals surface area contributed by atoms with Gasteiger partial charge in [0.1, 0.15) is 0 Å². The first-order valence-corrected chi connectivity index (χ1v) is 7.71. The molecule has 1 rings (SSSR count). The molecule has 0 amide bonds. The summed E-state index contributed by atoms with van der Waals surface area (Å²) in [5, 5.41) is 3.48. The van der Waals surface area contributed by atoms with Crippen molar-refractivity contribution >= 4 is 11.3 Å². The normalized spacial score (nSPS) is 12.9. The average molecular weight is 253 g/mol. The zero-order valence-corrected chi connectivity index (χ0v) is 12.6. The fourth-order valence-corrected chi connectivity index (χ4v) is 3.17. The molecule has 0 spiro atoms. The van der Waals surface area contributed by atoms with Crippen molar-refractivity contribution in [2.45, 2.75) is 53.4 Å². The summed E-state index contributed by atoms with van der Waals surface area (Å²) in [6, 6.07) is 2.31. The first-order valence-electron chi connectivity index (χ1n) is 6.90. The Morgan fingerprint density at radius 2 is 2.00 bits per heavy atom. The van der Waals surface area contributed by atoms with E-state index in [2.05, 4.69) is 39.1 Å². The maximum Gasteiger partial charge on any atom is 0.00773 e. The van der Waals surface area contributed by atoms with Crippen LogP contribution in [0.2, 0.25) is 0 Å². The van der Waals surface area contributed by atoms with E-state index in [9.17, 15) is 0 Å². The Bertz CT molecular complexity index is 317. The highest BCUT2D eigenvalue weighted by molar-refractivity contribution is 7.12. The second-order valence-electron chi connectivity index (χ2n) is 5.15. The Morgan fingerprint density at radius 1 is 1.24 bits per heavy atom. The maximum atomic E-state index is 3.48. The van der Waals surface area contributed by atoms with Gasteiger partial charge in [-0.25, -0.2) is 0 Å². The maximum absolute atomic E-state index is 3.48. The van der Waals surface area contributed by atoms with Crippen LogP contribution in [0.5, 0.6) is 0 Å². The fourth-order valence-electron chi connectivity index (χ4n) is 2.11. The highest BCUT2D eigenvalue weighted by Gasteiger charge is 2.06. The Hall–Kier alpha value is -0.340. The van der Waals surface area contributed by atoms with Crippen LogP contribution >= 0.6 is 11.3 Å². The smallest absolute Gasteiger partial charge is 0.00773 e. The molecule has 0 saturated carbocycles. The molecular formula is C15H27NS. The molecule has 1 N–H and O–H groups in total. The van der Waals surface area contributed by atoms with Crippen molar-refractivity contribution in [3.05, 3.63) is 21.4 Å². The van der Waals surface area contributed by atoms with Crippen LogP contribution in [-0.4, -0.2) is 13.1 Å². The Balaban J connectivity index is 2.19. The van der Waals surface area contributed by atoms with E-state index in [4.69, 9.17) is 0 Å². The minimum absolute atomic E-state index is 0.834. The van der Waals surface area contributed by atoms with Crippen molar-refractivity contribution in [1.29, 1.82) is 0 Å². The number of rotatable bonds is 8. The van der Waals surface area contributed by atoms with Gasteiger partial charge in [-0.1, -0.05) is 13.8 Å². The van der Waals surface area contributed by atoms with Gasteiger partial charge < -0.3 is 5.32 Å². The molecule has 98 valence electrons. The van der Waals surface area contributed by atoms with Gasteiger partial charge in [-0.15, -0.1) is 11.3 Å². The minimum Gasteiger partial charge on any atom is -0.317 e. The van der Waals surface area contributed by atoms with Gasteiger partial charge in [-0.05, 0) is 70.2 Å². The molecule has 1 aromatic heterocycles. The standard InChI is InChI=1S/C15H27NS/c1-5-9-16-10-8-12(2)6-7-15-13(3)11-14(4)17-15/h11-12,16H,5-10H2,1-4H3. The quantitative estimate of drug-likeness (QED) is 0.680. The van der Waals surface area contributed by atoms with Crippen LogP contribution in [0.15, 0.2) is 6.07 Å². The Labute approximate surface area is 111 Å². The van der Waals surface area contributed by atoms with Crippen LogP contribution in [0.25, 0.3) is 0 Å². The molecule has 1 heterocycles. The molecule has 0 aliphatic carbocycles. The van der Waals surface area contributed by atoms with Gasteiger partial charge in [0, 0.05) is 9.75 Å². The van der Waals surface area contributed by atoms with Gasteiger partial charge in [0.25, 0.3) is 0 Å². The van der Waals surface area contributed by atoms with Crippen molar-refractivity contribution in [1.82, 2.24) is 5.32 Å². The molecule has 1 nitrogen and oxygen atoms in total. The van der Waals surface area contributed by atoms with Gasteiger partial charge >= 0.3 is 0 Å². The number of hydrogen-bond donors (Lipinski definition) is 1. The second kappa shape index (κ2) is 7.88. The summed E-state index contributed by atoms with van der Waals surface area (Å²) in [4.78, 5) is 3.05. The van der Waals surface area contributed by atoms with E-state index in [0.717, 1.165) is 12.5 Å². The largest absolute Gasteiger partial charge is 0.317 e. The lowest BCUT2D eigenvalue weighted by Gasteiger charge is -2.11. The number of thiophene rings is 1. The first-order chi connectivity index (χ1) is 8.13. The fraction of sp³-hybridized carbons (Fsp3) is 0.733. The van der Waals surface area contributed by atoms with E-state index >= 15 is 0 Å². The monoisotopic (exact) mass is 253 g/mol. The summed E-state index contributed by atoms with van der Waals surface area (Å²) in [6.07, 6.45) is 5.14. The number of nitrogens with one attached hydrogen (secondary N) is 1. The Morgan fingerprint density at radius 3 is 2.59 bits per heavy atom. The summed E-state index contributed by atoms with van der Waals surface area (Å²) in [7, 11) is 0. The van der Waals surface area contributed by atoms with Crippen LogP contribution in [0.4, 0.5) is 0 Å². The highest BCUT2D eigenvalue weighted by Crippen LogP contribution is 2.24. The third-order valence-corrected chi connectivity index (χ3v) is 4.46. The van der Waals surface area contributed by atoms with Crippen LogP contribution in [0.3, 0.4) is 0 Å². The van der Waals surface area contributed by atoms with Gasteiger partial charge in [-0.2, -0.15) is 0 Å². The van der Waals surface area contributed by atoms with Crippen molar-refractivity contribution < 1.29 is 0 Å². The highest BCUT2D eigenvalue weighted by atomic mass is 32.1. The molecule has 0 bridgehead atoms. The van der Waals surface area contributed by atoms with E-state index in [-0.39, 0.29) is 0 Å². The second-order valence-corrected chi connectivity index (χ2v) is 6.49. The van der Waals surface area contributed by atoms with Crippen LogP contribution < -0.4 is 5.32 Å². The summed E-state index contributed by atoms with van der Waals surface area (Å²) in [5.74, 6) is 0.834. The predicted molar refractivity (Wildman–Crippen MR) is 79.1 cm³/mol. The Kier molecular flexibility index (Phi) is 6.83. The van der Waals surface area contributed by atoms with Gasteiger partial charge in [-0.3, -0.25) is 0 Å². The molecule has 0 fully saturated rings. The van der Waals surface area contributed by atoms with Gasteiger partial charge in [0.05, 0.1) is 0 Å². The van der Waals surface area contributed by atoms with E-state index in [1.807, 2.05) is 11.3 Å². The first kappa shape index (κ1) is 14.7. The summed E-state index contributed by atoms with van der Waals surface area (Å²) < 4.78 is 0. The molecule has 0 aromatic carbocycles. The van der Waals surface area contributed by atoms with Crippen molar-refractivity contribution in [2.24, 2.45) is 5.92 Å². The summed E-state index contributed by atoms with van der Waals surface area (Å²) in [5.41, 5.74) is 1.49. The molecule has 1 atom stereocenters. The van der Waals surface area contributed by atoms with Crippen molar-refractivity contribution in [3.63, 3.8) is 0 Å². The summed E-state index contributed by atoms with van der Waals surface area (Å²) >= 11 is 1.97. The van der Waals surface area contributed by atoms with Gasteiger partial charge in [0.15, 0.2) is 0 Å². The minimum atomic E-state index is 0.834. The van der Waals surface area contributed by atoms with Crippen LogP contribution in [0, 0.1) is 19.8 Å². The molecule has 1 unspecified atom stereocenters. The molecule has 0 aliphatic rings. The lowest BCUT2D eigenvalue weighted by Crippen LogP contribution is -2.18. The topological polar surface area (TPSA) is 12.0 Å². The van der Waals surface area contributed by atoms with Crippen LogP contribution in [0.1, 0.15) is 48.4 Å². The van der Waals surface area contributed by atoms with Gasteiger partial charge in [0.2, 0.25) is 0 Å². The van der Waals surface area contributed by atoms with Crippen LogP contribution in [-0.2, 0) is 6.42 Å². The van der Waals surface area contributed by atoms with E-state index in [1.165, 1.54) is 42.7 Å². The average Bonchev–Trinajstić information content (AvgIpc) is 2.61. The third-order valence-electron chi connectivity index (χ3n) is 3.25. The molecule has 0 saturated heterocycles. The number of hydrogen-bond acceptors (Lipinski definition) is 2. The molecule has 1 aromatic rings. The molecule has 0 radical (unpaired) electrons. The summed E-state index contributed by atoms with van der Waals surface area (Å²) in [6.45, 7) is 11.4. The molecular weight excluding hydrogens is 226 g/mol. The van der Waals surface area contributed by atoms with E-state index in [0.29, 0.717) is 0 Å². The van der Waals surface area contributed by atoms with Crippen molar-refractivity contribution in [3.8, 4) is 0 Å².